The molecule has 0 saturated heterocycles. The molecule has 0 unspecified atom stereocenters. The molecule has 0 spiro atoms. The first-order chi connectivity index (χ1) is 9.20. The third kappa shape index (κ3) is 3.65. The van der Waals surface area contributed by atoms with E-state index in [-0.39, 0.29) is 16.0 Å². The van der Waals surface area contributed by atoms with Crippen molar-refractivity contribution in [3.8, 4) is 0 Å². The zero-order chi connectivity index (χ0) is 15.0. The van der Waals surface area contributed by atoms with Crippen LogP contribution in [-0.4, -0.2) is 14.5 Å². The molecule has 4 nitrogen and oxygen atoms in total. The first-order valence-corrected chi connectivity index (χ1v) is 8.63. The number of halogens is 1. The van der Waals surface area contributed by atoms with Gasteiger partial charge in [0.2, 0.25) is 10.0 Å². The molecule has 0 radical (unpaired) electrons. The molecule has 20 heavy (non-hydrogen) atoms. The van der Waals surface area contributed by atoms with Crippen LogP contribution in [0.3, 0.4) is 0 Å². The number of rotatable bonds is 3. The summed E-state index contributed by atoms with van der Waals surface area (Å²) in [6.07, 6.45) is 3.80. The number of hydrogen-bond acceptors (Lipinski definition) is 3. The maximum Gasteiger partial charge on any atom is 0.240 e. The molecule has 1 fully saturated rings. The van der Waals surface area contributed by atoms with E-state index in [1.165, 1.54) is 18.2 Å². The SMILES string of the molecule is CC1(C)CCC(NS(=O)(=O)c2ccc(N)c(Cl)c2)CC1. The molecule has 3 N–H and O–H groups in total. The van der Waals surface area contributed by atoms with Crippen molar-refractivity contribution in [1.29, 1.82) is 0 Å². The maximum absolute atomic E-state index is 12.3. The van der Waals surface area contributed by atoms with E-state index < -0.39 is 10.0 Å². The van der Waals surface area contributed by atoms with Crippen molar-refractivity contribution < 1.29 is 8.42 Å². The Bertz CT molecular complexity index is 589. The smallest absolute Gasteiger partial charge is 0.240 e. The predicted octanol–water partition coefficient (Wildman–Crippen LogP) is 3.17. The van der Waals surface area contributed by atoms with E-state index in [4.69, 9.17) is 17.3 Å². The summed E-state index contributed by atoms with van der Waals surface area (Å²) in [6.45, 7) is 4.44. The quantitative estimate of drug-likeness (QED) is 0.841. The molecule has 1 aliphatic carbocycles. The number of sulfonamides is 1. The van der Waals surface area contributed by atoms with Crippen LogP contribution >= 0.6 is 11.6 Å². The van der Waals surface area contributed by atoms with Crippen LogP contribution < -0.4 is 10.5 Å². The molecule has 2 rings (SSSR count). The highest BCUT2D eigenvalue weighted by atomic mass is 35.5. The molecular weight excluding hydrogens is 296 g/mol. The lowest BCUT2D eigenvalue weighted by Gasteiger charge is -2.34. The van der Waals surface area contributed by atoms with Gasteiger partial charge in [-0.1, -0.05) is 25.4 Å². The lowest BCUT2D eigenvalue weighted by atomic mass is 9.76. The topological polar surface area (TPSA) is 72.2 Å². The molecule has 0 heterocycles. The second kappa shape index (κ2) is 5.54. The highest BCUT2D eigenvalue weighted by Gasteiger charge is 2.29. The summed E-state index contributed by atoms with van der Waals surface area (Å²) in [6, 6.07) is 4.40. The van der Waals surface area contributed by atoms with E-state index in [1.807, 2.05) is 0 Å². The van der Waals surface area contributed by atoms with Crippen LogP contribution in [-0.2, 0) is 10.0 Å². The van der Waals surface area contributed by atoms with E-state index in [2.05, 4.69) is 18.6 Å². The minimum atomic E-state index is -3.53. The van der Waals surface area contributed by atoms with Crippen LogP contribution in [0, 0.1) is 5.41 Å². The molecule has 0 bridgehead atoms. The van der Waals surface area contributed by atoms with Gasteiger partial charge in [0.15, 0.2) is 0 Å². The van der Waals surface area contributed by atoms with Gasteiger partial charge in [-0.05, 0) is 49.3 Å². The number of hydrogen-bond donors (Lipinski definition) is 2. The number of nitrogens with two attached hydrogens (primary N) is 1. The molecule has 0 amide bonds. The predicted molar refractivity (Wildman–Crippen MR) is 82.2 cm³/mol. The van der Waals surface area contributed by atoms with Crippen molar-refractivity contribution in [1.82, 2.24) is 4.72 Å². The fourth-order valence-electron chi connectivity index (χ4n) is 2.48. The Hall–Kier alpha value is -0.780. The van der Waals surface area contributed by atoms with Gasteiger partial charge in [-0.25, -0.2) is 13.1 Å². The Balaban J connectivity index is 2.10. The molecule has 6 heteroatoms. The average molecular weight is 317 g/mol. The number of benzene rings is 1. The fraction of sp³-hybridized carbons (Fsp3) is 0.571. The summed E-state index contributed by atoms with van der Waals surface area (Å²) in [4.78, 5) is 0.168. The Morgan fingerprint density at radius 3 is 2.45 bits per heavy atom. The summed E-state index contributed by atoms with van der Waals surface area (Å²) < 4.78 is 27.4. The summed E-state index contributed by atoms with van der Waals surface area (Å²) in [5.41, 5.74) is 6.29. The third-order valence-electron chi connectivity index (χ3n) is 3.94. The molecule has 0 aliphatic heterocycles. The van der Waals surface area contributed by atoms with E-state index in [0.717, 1.165) is 25.7 Å². The van der Waals surface area contributed by atoms with Crippen molar-refractivity contribution in [3.05, 3.63) is 23.2 Å². The van der Waals surface area contributed by atoms with Crippen LogP contribution in [0.2, 0.25) is 5.02 Å². The van der Waals surface area contributed by atoms with Crippen LogP contribution in [0.5, 0.6) is 0 Å². The minimum absolute atomic E-state index is 0.00403. The molecule has 0 atom stereocenters. The van der Waals surface area contributed by atoms with E-state index in [0.29, 0.717) is 11.1 Å². The molecule has 1 saturated carbocycles. The Morgan fingerprint density at radius 1 is 1.30 bits per heavy atom. The van der Waals surface area contributed by atoms with Crippen LogP contribution in [0.15, 0.2) is 23.1 Å². The molecular formula is C14H21ClN2O2S. The van der Waals surface area contributed by atoms with Gasteiger partial charge in [0.25, 0.3) is 0 Å². The second-order valence-electron chi connectivity index (χ2n) is 6.24. The van der Waals surface area contributed by atoms with Crippen LogP contribution in [0.1, 0.15) is 39.5 Å². The normalized spacial score (nSPS) is 19.9. The van der Waals surface area contributed by atoms with Crippen molar-refractivity contribution in [3.63, 3.8) is 0 Å². The largest absolute Gasteiger partial charge is 0.398 e. The first kappa shape index (κ1) is 15.6. The van der Waals surface area contributed by atoms with Crippen molar-refractivity contribution in [2.75, 3.05) is 5.73 Å². The van der Waals surface area contributed by atoms with Crippen molar-refractivity contribution in [2.24, 2.45) is 5.41 Å². The number of anilines is 1. The zero-order valence-corrected chi connectivity index (χ0v) is 13.4. The van der Waals surface area contributed by atoms with Crippen LogP contribution in [0.25, 0.3) is 0 Å². The zero-order valence-electron chi connectivity index (χ0n) is 11.8. The summed E-state index contributed by atoms with van der Waals surface area (Å²) in [5.74, 6) is 0. The van der Waals surface area contributed by atoms with Gasteiger partial charge in [0.05, 0.1) is 15.6 Å². The van der Waals surface area contributed by atoms with Crippen LogP contribution in [0.4, 0.5) is 5.69 Å². The molecule has 112 valence electrons. The second-order valence-corrected chi connectivity index (χ2v) is 8.36. The first-order valence-electron chi connectivity index (χ1n) is 6.77. The summed E-state index contributed by atoms with van der Waals surface area (Å²) in [7, 11) is -3.53. The standard InChI is InChI=1S/C14H21ClN2O2S/c1-14(2)7-5-10(6-8-14)17-20(18,19)11-3-4-13(16)12(15)9-11/h3-4,9-10,17H,5-8,16H2,1-2H3. The van der Waals surface area contributed by atoms with E-state index >= 15 is 0 Å². The third-order valence-corrected chi connectivity index (χ3v) is 5.79. The van der Waals surface area contributed by atoms with E-state index in [9.17, 15) is 8.42 Å². The fourth-order valence-corrected chi connectivity index (χ4v) is 4.06. The Morgan fingerprint density at radius 2 is 1.90 bits per heavy atom. The number of nitrogens with one attached hydrogen (secondary N) is 1. The van der Waals surface area contributed by atoms with Crippen molar-refractivity contribution in [2.45, 2.75) is 50.5 Å². The Kier molecular flexibility index (Phi) is 4.33. The highest BCUT2D eigenvalue weighted by Crippen LogP contribution is 2.35. The molecule has 1 aliphatic rings. The van der Waals surface area contributed by atoms with Gasteiger partial charge < -0.3 is 5.73 Å². The van der Waals surface area contributed by atoms with Gasteiger partial charge in [-0.15, -0.1) is 0 Å². The van der Waals surface area contributed by atoms with Gasteiger partial charge in [-0.3, -0.25) is 0 Å². The van der Waals surface area contributed by atoms with E-state index in [1.54, 1.807) is 0 Å². The lowest BCUT2D eigenvalue weighted by Crippen LogP contribution is -2.39. The number of nitrogen functional groups attached to an aromatic ring is 1. The summed E-state index contributed by atoms with van der Waals surface area (Å²) >= 11 is 5.88. The average Bonchev–Trinajstić information content (AvgIpc) is 2.35. The van der Waals surface area contributed by atoms with Crippen molar-refractivity contribution >= 4 is 27.3 Å². The van der Waals surface area contributed by atoms with Gasteiger partial charge >= 0.3 is 0 Å². The van der Waals surface area contributed by atoms with Gasteiger partial charge in [-0.2, -0.15) is 0 Å². The lowest BCUT2D eigenvalue weighted by molar-refractivity contribution is 0.218. The summed E-state index contributed by atoms with van der Waals surface area (Å²) in [5, 5.41) is 0.262. The maximum atomic E-state index is 12.3. The minimum Gasteiger partial charge on any atom is -0.398 e. The Labute approximate surface area is 125 Å². The molecule has 1 aromatic rings. The van der Waals surface area contributed by atoms with Gasteiger partial charge in [0, 0.05) is 6.04 Å². The highest BCUT2D eigenvalue weighted by molar-refractivity contribution is 7.89. The monoisotopic (exact) mass is 316 g/mol. The molecule has 1 aromatic carbocycles. The molecule has 0 aromatic heterocycles. The van der Waals surface area contributed by atoms with Gasteiger partial charge in [0.1, 0.15) is 0 Å².